The molecule has 122 valence electrons. The fraction of sp³-hybridized carbons (Fsp3) is 0.438. The number of rotatable bonds is 7. The van der Waals surface area contributed by atoms with E-state index in [9.17, 15) is 4.79 Å². The molecule has 1 aliphatic carbocycles. The van der Waals surface area contributed by atoms with Crippen LogP contribution in [0.4, 0.5) is 0 Å². The van der Waals surface area contributed by atoms with Crippen LogP contribution in [0, 0.1) is 5.92 Å². The lowest BCUT2D eigenvalue weighted by Gasteiger charge is -2.12. The van der Waals surface area contributed by atoms with E-state index < -0.39 is 0 Å². The topological polar surface area (TPSA) is 88.2 Å². The van der Waals surface area contributed by atoms with E-state index in [0.717, 1.165) is 11.3 Å². The third-order valence-electron chi connectivity index (χ3n) is 3.76. The zero-order valence-corrected chi connectivity index (χ0v) is 13.5. The summed E-state index contributed by atoms with van der Waals surface area (Å²) < 4.78 is 5.21. The van der Waals surface area contributed by atoms with Gasteiger partial charge in [-0.05, 0) is 24.3 Å². The average Bonchev–Trinajstić information content (AvgIpc) is 3.28. The summed E-state index contributed by atoms with van der Waals surface area (Å²) in [6, 6.07) is 3.93. The van der Waals surface area contributed by atoms with Crippen molar-refractivity contribution in [2.24, 2.45) is 5.92 Å². The van der Waals surface area contributed by atoms with Gasteiger partial charge in [0.2, 0.25) is 17.6 Å². The lowest BCUT2D eigenvalue weighted by Crippen LogP contribution is -2.32. The quantitative estimate of drug-likeness (QED) is 0.758. The van der Waals surface area contributed by atoms with Crippen molar-refractivity contribution in [3.63, 3.8) is 0 Å². The van der Waals surface area contributed by atoms with Crippen molar-refractivity contribution >= 4 is 17.2 Å². The van der Waals surface area contributed by atoms with Crippen molar-refractivity contribution in [1.29, 1.82) is 0 Å². The number of carbonyl (C=O) groups excluding carboxylic acids is 1. The van der Waals surface area contributed by atoms with Crippen molar-refractivity contribution in [3.05, 3.63) is 35.6 Å². The van der Waals surface area contributed by atoms with E-state index in [-0.39, 0.29) is 24.5 Å². The Kier molecular flexibility index (Phi) is 5.19. The zero-order valence-electron chi connectivity index (χ0n) is 12.6. The first-order chi connectivity index (χ1) is 11.2. The number of aromatic nitrogens is 2. The Morgan fingerprint density at radius 1 is 1.48 bits per heavy atom. The number of nitrogens with one attached hydrogen (secondary N) is 1. The van der Waals surface area contributed by atoms with Crippen LogP contribution in [0.2, 0.25) is 0 Å². The Labute approximate surface area is 138 Å². The summed E-state index contributed by atoms with van der Waals surface area (Å²) in [5.41, 5.74) is 0. The van der Waals surface area contributed by atoms with E-state index in [1.807, 2.05) is 29.7 Å². The SMILES string of the molecule is O=C(CCCc1nc(-c2cccs2)no1)N[C@@H]1C=C[C@H](CO)C1. The second-order valence-electron chi connectivity index (χ2n) is 5.58. The minimum atomic E-state index is 0.0104. The molecule has 23 heavy (non-hydrogen) atoms. The van der Waals surface area contributed by atoms with Gasteiger partial charge in [-0.15, -0.1) is 11.3 Å². The van der Waals surface area contributed by atoms with Crippen LogP contribution in [0.15, 0.2) is 34.2 Å². The van der Waals surface area contributed by atoms with E-state index in [2.05, 4.69) is 15.5 Å². The molecule has 6 nitrogen and oxygen atoms in total. The van der Waals surface area contributed by atoms with E-state index in [1.54, 1.807) is 11.3 Å². The Morgan fingerprint density at radius 3 is 3.13 bits per heavy atom. The van der Waals surface area contributed by atoms with E-state index in [1.165, 1.54) is 0 Å². The predicted molar refractivity (Wildman–Crippen MR) is 86.8 cm³/mol. The normalized spacial score (nSPS) is 20.0. The summed E-state index contributed by atoms with van der Waals surface area (Å²) >= 11 is 1.56. The average molecular weight is 333 g/mol. The Balaban J connectivity index is 1.40. The molecule has 2 heterocycles. The molecule has 1 amide bonds. The maximum Gasteiger partial charge on any atom is 0.226 e. The van der Waals surface area contributed by atoms with Crippen molar-refractivity contribution in [3.8, 4) is 10.7 Å². The van der Waals surface area contributed by atoms with Crippen LogP contribution in [-0.2, 0) is 11.2 Å². The number of nitrogens with zero attached hydrogens (tertiary/aromatic N) is 2. The highest BCUT2D eigenvalue weighted by Gasteiger charge is 2.19. The molecule has 1 aliphatic rings. The number of thiophene rings is 1. The molecule has 0 saturated carbocycles. The fourth-order valence-electron chi connectivity index (χ4n) is 2.56. The lowest BCUT2D eigenvalue weighted by molar-refractivity contribution is -0.121. The fourth-order valence-corrected chi connectivity index (χ4v) is 3.21. The van der Waals surface area contributed by atoms with Crippen LogP contribution < -0.4 is 5.32 Å². The van der Waals surface area contributed by atoms with Gasteiger partial charge < -0.3 is 14.9 Å². The summed E-state index contributed by atoms with van der Waals surface area (Å²) in [7, 11) is 0. The molecule has 2 aromatic heterocycles. The molecule has 7 heteroatoms. The Bertz CT molecular complexity index is 666. The molecule has 3 rings (SSSR count). The van der Waals surface area contributed by atoms with E-state index in [0.29, 0.717) is 31.0 Å². The zero-order chi connectivity index (χ0) is 16.1. The van der Waals surface area contributed by atoms with Crippen LogP contribution in [0.1, 0.15) is 25.2 Å². The van der Waals surface area contributed by atoms with Crippen molar-refractivity contribution in [1.82, 2.24) is 15.5 Å². The van der Waals surface area contributed by atoms with Gasteiger partial charge in [0, 0.05) is 31.4 Å². The van der Waals surface area contributed by atoms with E-state index in [4.69, 9.17) is 9.63 Å². The first-order valence-corrected chi connectivity index (χ1v) is 8.57. The molecule has 0 aromatic carbocycles. The molecule has 0 bridgehead atoms. The standard InChI is InChI=1S/C16H19N3O3S/c20-10-11-6-7-12(9-11)17-14(21)4-1-5-15-18-16(19-22-15)13-3-2-8-23-13/h2-3,6-8,11-12,20H,1,4-5,9-10H2,(H,17,21)/t11-,12+/m0/s1. The molecule has 2 atom stereocenters. The Morgan fingerprint density at radius 2 is 2.39 bits per heavy atom. The van der Waals surface area contributed by atoms with Crippen LogP contribution in [-0.4, -0.2) is 33.8 Å². The molecule has 0 aliphatic heterocycles. The lowest BCUT2D eigenvalue weighted by atomic mass is 10.1. The van der Waals surface area contributed by atoms with Gasteiger partial charge >= 0.3 is 0 Å². The highest BCUT2D eigenvalue weighted by molar-refractivity contribution is 7.13. The minimum absolute atomic E-state index is 0.0104. The first kappa shape index (κ1) is 15.9. The minimum Gasteiger partial charge on any atom is -0.396 e. The molecule has 0 radical (unpaired) electrons. The molecule has 0 spiro atoms. The maximum absolute atomic E-state index is 11.9. The highest BCUT2D eigenvalue weighted by atomic mass is 32.1. The summed E-state index contributed by atoms with van der Waals surface area (Å²) in [6.07, 6.45) is 6.35. The number of aliphatic hydroxyl groups excluding tert-OH is 1. The van der Waals surface area contributed by atoms with Gasteiger partial charge in [-0.25, -0.2) is 0 Å². The summed E-state index contributed by atoms with van der Waals surface area (Å²) in [5, 5.41) is 17.9. The maximum atomic E-state index is 11.9. The second-order valence-corrected chi connectivity index (χ2v) is 6.53. The van der Waals surface area contributed by atoms with Crippen LogP contribution in [0.25, 0.3) is 10.7 Å². The molecular weight excluding hydrogens is 314 g/mol. The number of aliphatic hydroxyl groups is 1. The second kappa shape index (κ2) is 7.52. The first-order valence-electron chi connectivity index (χ1n) is 7.69. The van der Waals surface area contributed by atoms with Crippen molar-refractivity contribution in [2.45, 2.75) is 31.7 Å². The third-order valence-corrected chi connectivity index (χ3v) is 4.62. The van der Waals surface area contributed by atoms with Crippen LogP contribution in [0.5, 0.6) is 0 Å². The van der Waals surface area contributed by atoms with Gasteiger partial charge in [0.05, 0.1) is 4.88 Å². The molecule has 2 aromatic rings. The number of hydrogen-bond donors (Lipinski definition) is 2. The van der Waals surface area contributed by atoms with Crippen molar-refractivity contribution < 1.29 is 14.4 Å². The largest absolute Gasteiger partial charge is 0.396 e. The smallest absolute Gasteiger partial charge is 0.226 e. The van der Waals surface area contributed by atoms with Gasteiger partial charge in [0.25, 0.3) is 0 Å². The van der Waals surface area contributed by atoms with E-state index >= 15 is 0 Å². The Hall–Kier alpha value is -1.99. The van der Waals surface area contributed by atoms with Gasteiger partial charge in [-0.2, -0.15) is 4.98 Å². The van der Waals surface area contributed by atoms with Gasteiger partial charge in [0.1, 0.15) is 0 Å². The molecule has 0 saturated heterocycles. The van der Waals surface area contributed by atoms with Gasteiger partial charge in [0.15, 0.2) is 0 Å². The summed E-state index contributed by atoms with van der Waals surface area (Å²) in [6.45, 7) is 0.132. The highest BCUT2D eigenvalue weighted by Crippen LogP contribution is 2.21. The molecular formula is C16H19N3O3S. The number of carbonyl (C=O) groups is 1. The van der Waals surface area contributed by atoms with Crippen LogP contribution >= 0.6 is 11.3 Å². The van der Waals surface area contributed by atoms with Gasteiger partial charge in [-0.1, -0.05) is 23.4 Å². The predicted octanol–water partition coefficient (Wildman–Crippen LogP) is 2.17. The number of aryl methyl sites for hydroxylation is 1. The van der Waals surface area contributed by atoms with Crippen LogP contribution in [0.3, 0.4) is 0 Å². The molecule has 2 N–H and O–H groups in total. The molecule has 0 unspecified atom stereocenters. The van der Waals surface area contributed by atoms with Crippen molar-refractivity contribution in [2.75, 3.05) is 6.61 Å². The molecule has 0 fully saturated rings. The third kappa shape index (κ3) is 4.27. The number of amides is 1. The number of hydrogen-bond acceptors (Lipinski definition) is 6. The summed E-state index contributed by atoms with van der Waals surface area (Å²) in [5.74, 6) is 1.33. The monoisotopic (exact) mass is 333 g/mol. The summed E-state index contributed by atoms with van der Waals surface area (Å²) in [4.78, 5) is 17.2. The van der Waals surface area contributed by atoms with Gasteiger partial charge in [-0.3, -0.25) is 4.79 Å².